The van der Waals surface area contributed by atoms with E-state index >= 15 is 0 Å². The highest BCUT2D eigenvalue weighted by atomic mass is 35.5. The molecule has 1 aliphatic heterocycles. The molecule has 3 nitrogen and oxygen atoms in total. The van der Waals surface area contributed by atoms with Crippen molar-refractivity contribution in [3.8, 4) is 5.75 Å². The van der Waals surface area contributed by atoms with Crippen LogP contribution in [0.2, 0.25) is 5.02 Å². The number of rotatable bonds is 3. The number of methoxy groups -OCH3 is 1. The van der Waals surface area contributed by atoms with E-state index < -0.39 is 0 Å². The molecular weight excluding hydrogens is 296 g/mol. The predicted molar refractivity (Wildman–Crippen MR) is 91.8 cm³/mol. The predicted octanol–water partition coefficient (Wildman–Crippen LogP) is 3.57. The summed E-state index contributed by atoms with van der Waals surface area (Å²) in [6.07, 6.45) is 7.11. The van der Waals surface area contributed by atoms with Gasteiger partial charge in [-0.25, -0.2) is 0 Å². The SMILES string of the molecule is COc1c(C2CC(CN)CN2C)cc2c(c1Cl)CCCCC2. The van der Waals surface area contributed by atoms with Crippen LogP contribution in [0.1, 0.15) is 48.4 Å². The maximum atomic E-state index is 6.73. The molecule has 0 saturated carbocycles. The number of nitrogens with zero attached hydrogens (tertiary/aromatic N) is 1. The van der Waals surface area contributed by atoms with E-state index in [0.717, 1.165) is 43.1 Å². The van der Waals surface area contributed by atoms with Crippen LogP contribution in [-0.4, -0.2) is 32.1 Å². The minimum Gasteiger partial charge on any atom is -0.495 e. The Kier molecular flexibility index (Phi) is 4.96. The van der Waals surface area contributed by atoms with Gasteiger partial charge in [0.05, 0.1) is 12.1 Å². The van der Waals surface area contributed by atoms with Crippen molar-refractivity contribution in [1.82, 2.24) is 4.90 Å². The summed E-state index contributed by atoms with van der Waals surface area (Å²) in [5, 5.41) is 0.849. The molecule has 22 heavy (non-hydrogen) atoms. The van der Waals surface area contributed by atoms with Crippen molar-refractivity contribution >= 4 is 11.6 Å². The van der Waals surface area contributed by atoms with Gasteiger partial charge in [-0.3, -0.25) is 4.90 Å². The lowest BCUT2D eigenvalue weighted by atomic mass is 9.93. The second-order valence-electron chi connectivity index (χ2n) is 6.80. The molecule has 1 heterocycles. The highest BCUT2D eigenvalue weighted by Gasteiger charge is 2.33. The number of likely N-dealkylation sites (tertiary alicyclic amines) is 1. The highest BCUT2D eigenvalue weighted by Crippen LogP contribution is 2.44. The summed E-state index contributed by atoms with van der Waals surface area (Å²) >= 11 is 6.73. The van der Waals surface area contributed by atoms with Crippen LogP contribution >= 0.6 is 11.6 Å². The Morgan fingerprint density at radius 2 is 2.09 bits per heavy atom. The van der Waals surface area contributed by atoms with Crippen LogP contribution in [0.3, 0.4) is 0 Å². The van der Waals surface area contributed by atoms with Crippen LogP contribution in [0, 0.1) is 5.92 Å². The Morgan fingerprint density at radius 3 is 2.77 bits per heavy atom. The van der Waals surface area contributed by atoms with Crippen LogP contribution in [0.15, 0.2) is 6.07 Å². The molecule has 2 aliphatic rings. The molecule has 122 valence electrons. The molecule has 1 aromatic rings. The summed E-state index contributed by atoms with van der Waals surface area (Å²) in [7, 11) is 3.92. The van der Waals surface area contributed by atoms with E-state index in [2.05, 4.69) is 18.0 Å². The van der Waals surface area contributed by atoms with Crippen molar-refractivity contribution in [2.75, 3.05) is 27.2 Å². The lowest BCUT2D eigenvalue weighted by molar-refractivity contribution is 0.303. The van der Waals surface area contributed by atoms with Gasteiger partial charge < -0.3 is 10.5 Å². The molecule has 2 unspecified atom stereocenters. The number of fused-ring (bicyclic) bond motifs is 1. The minimum absolute atomic E-state index is 0.370. The smallest absolute Gasteiger partial charge is 0.142 e. The Balaban J connectivity index is 2.03. The Labute approximate surface area is 138 Å². The first-order valence-corrected chi connectivity index (χ1v) is 8.82. The Hall–Kier alpha value is -0.770. The summed E-state index contributed by atoms with van der Waals surface area (Å²) in [5.74, 6) is 1.45. The van der Waals surface area contributed by atoms with Crippen molar-refractivity contribution in [1.29, 1.82) is 0 Å². The number of nitrogens with two attached hydrogens (primary N) is 1. The molecule has 4 heteroatoms. The fourth-order valence-corrected chi connectivity index (χ4v) is 4.53. The molecule has 2 atom stereocenters. The molecule has 0 aromatic heterocycles. The lowest BCUT2D eigenvalue weighted by Crippen LogP contribution is -2.21. The summed E-state index contributed by atoms with van der Waals surface area (Å²) in [6.45, 7) is 1.81. The van der Waals surface area contributed by atoms with Crippen molar-refractivity contribution in [3.05, 3.63) is 27.8 Å². The fraction of sp³-hybridized carbons (Fsp3) is 0.667. The van der Waals surface area contributed by atoms with Crippen molar-refractivity contribution in [2.45, 2.75) is 44.6 Å². The van der Waals surface area contributed by atoms with Gasteiger partial charge in [-0.15, -0.1) is 0 Å². The minimum atomic E-state index is 0.370. The average molecular weight is 323 g/mol. The summed E-state index contributed by atoms with van der Waals surface area (Å²) < 4.78 is 5.72. The van der Waals surface area contributed by atoms with E-state index in [4.69, 9.17) is 22.1 Å². The maximum Gasteiger partial charge on any atom is 0.142 e. The van der Waals surface area contributed by atoms with Gasteiger partial charge in [0.15, 0.2) is 0 Å². The second-order valence-corrected chi connectivity index (χ2v) is 7.18. The van der Waals surface area contributed by atoms with E-state index in [1.54, 1.807) is 7.11 Å². The van der Waals surface area contributed by atoms with Gasteiger partial charge in [0.1, 0.15) is 5.75 Å². The van der Waals surface area contributed by atoms with E-state index in [0.29, 0.717) is 12.0 Å². The van der Waals surface area contributed by atoms with Gasteiger partial charge >= 0.3 is 0 Å². The van der Waals surface area contributed by atoms with Gasteiger partial charge in [-0.2, -0.15) is 0 Å². The van der Waals surface area contributed by atoms with E-state index in [-0.39, 0.29) is 0 Å². The van der Waals surface area contributed by atoms with Gasteiger partial charge in [0, 0.05) is 18.2 Å². The monoisotopic (exact) mass is 322 g/mol. The zero-order valence-electron chi connectivity index (χ0n) is 13.7. The molecule has 0 amide bonds. The highest BCUT2D eigenvalue weighted by molar-refractivity contribution is 6.33. The molecule has 1 fully saturated rings. The van der Waals surface area contributed by atoms with Crippen LogP contribution in [0.25, 0.3) is 0 Å². The molecule has 0 bridgehead atoms. The van der Waals surface area contributed by atoms with Crippen LogP contribution < -0.4 is 10.5 Å². The molecule has 0 radical (unpaired) electrons. The van der Waals surface area contributed by atoms with Crippen molar-refractivity contribution in [2.24, 2.45) is 11.7 Å². The van der Waals surface area contributed by atoms with Crippen LogP contribution in [0.5, 0.6) is 5.75 Å². The third-order valence-electron chi connectivity index (χ3n) is 5.35. The van der Waals surface area contributed by atoms with Crippen LogP contribution in [-0.2, 0) is 12.8 Å². The normalized spacial score (nSPS) is 25.8. The third kappa shape index (κ3) is 2.86. The van der Waals surface area contributed by atoms with Crippen LogP contribution in [0.4, 0.5) is 0 Å². The Bertz CT molecular complexity index is 546. The molecule has 2 N–H and O–H groups in total. The summed E-state index contributed by atoms with van der Waals surface area (Å²) in [6, 6.07) is 2.74. The first-order chi connectivity index (χ1) is 10.7. The number of hydrogen-bond acceptors (Lipinski definition) is 3. The van der Waals surface area contributed by atoms with Gasteiger partial charge in [0.2, 0.25) is 0 Å². The van der Waals surface area contributed by atoms with Crippen molar-refractivity contribution < 1.29 is 4.74 Å². The van der Waals surface area contributed by atoms with Gasteiger partial charge in [0.25, 0.3) is 0 Å². The first kappa shape index (κ1) is 16.1. The van der Waals surface area contributed by atoms with Gasteiger partial charge in [-0.05, 0) is 62.7 Å². The fourth-order valence-electron chi connectivity index (χ4n) is 4.13. The average Bonchev–Trinajstić information content (AvgIpc) is 2.73. The number of ether oxygens (including phenoxy) is 1. The molecule has 1 saturated heterocycles. The Morgan fingerprint density at radius 1 is 1.32 bits per heavy atom. The van der Waals surface area contributed by atoms with E-state index in [1.165, 1.54) is 36.0 Å². The molecule has 1 aromatic carbocycles. The second kappa shape index (κ2) is 6.77. The molecular formula is C18H27ClN2O. The molecule has 3 rings (SSSR count). The van der Waals surface area contributed by atoms with Gasteiger partial charge in [-0.1, -0.05) is 24.1 Å². The number of hydrogen-bond donors (Lipinski definition) is 1. The number of aryl methyl sites for hydroxylation is 1. The summed E-state index contributed by atoms with van der Waals surface area (Å²) in [5.41, 5.74) is 9.89. The third-order valence-corrected chi connectivity index (χ3v) is 5.75. The van der Waals surface area contributed by atoms with E-state index in [1.807, 2.05) is 0 Å². The summed E-state index contributed by atoms with van der Waals surface area (Å²) in [4.78, 5) is 2.40. The van der Waals surface area contributed by atoms with E-state index in [9.17, 15) is 0 Å². The topological polar surface area (TPSA) is 38.5 Å². The molecule has 1 aliphatic carbocycles. The van der Waals surface area contributed by atoms with Crippen molar-refractivity contribution in [3.63, 3.8) is 0 Å². The number of halogens is 1. The maximum absolute atomic E-state index is 6.73. The first-order valence-electron chi connectivity index (χ1n) is 8.44. The standard InChI is InChI=1S/C18H27ClN2O/c1-21-11-12(10-20)8-16(21)15-9-13-6-4-3-5-7-14(13)17(19)18(15)22-2/h9,12,16H,3-8,10-11,20H2,1-2H3. The lowest BCUT2D eigenvalue weighted by Gasteiger charge is -2.25. The quantitative estimate of drug-likeness (QED) is 0.865. The number of benzene rings is 1. The largest absolute Gasteiger partial charge is 0.495 e. The zero-order valence-corrected chi connectivity index (χ0v) is 14.5. The molecule has 0 spiro atoms. The zero-order chi connectivity index (χ0) is 15.7.